The van der Waals surface area contributed by atoms with Crippen molar-refractivity contribution in [2.24, 2.45) is 4.99 Å². The van der Waals surface area contributed by atoms with Crippen molar-refractivity contribution in [3.05, 3.63) is 59.2 Å². The van der Waals surface area contributed by atoms with Crippen molar-refractivity contribution in [1.29, 1.82) is 0 Å². The summed E-state index contributed by atoms with van der Waals surface area (Å²) in [6, 6.07) is 13.2. The van der Waals surface area contributed by atoms with Crippen LogP contribution in [0.25, 0.3) is 0 Å². The van der Waals surface area contributed by atoms with E-state index >= 15 is 0 Å². The molecule has 3 N–H and O–H groups in total. The molecule has 4 rings (SSSR count). The molecule has 0 unspecified atom stereocenters. The third kappa shape index (κ3) is 5.05. The summed E-state index contributed by atoms with van der Waals surface area (Å²) in [7, 11) is 1.92. The molecule has 31 heavy (non-hydrogen) atoms. The Bertz CT molecular complexity index is 1030. The normalized spacial score (nSPS) is 17.0. The average Bonchev–Trinajstić information content (AvgIpc) is 3.51. The summed E-state index contributed by atoms with van der Waals surface area (Å²) in [5, 5.41) is 9.50. The van der Waals surface area contributed by atoms with Gasteiger partial charge in [0, 0.05) is 48.7 Å². The van der Waals surface area contributed by atoms with Crippen LogP contribution in [0.3, 0.4) is 0 Å². The Morgan fingerprint density at radius 3 is 2.61 bits per heavy atom. The molecule has 1 aliphatic carbocycles. The number of likely N-dealkylation sites (N-methyl/N-ethyl adjacent to an activating group) is 1. The van der Waals surface area contributed by atoms with E-state index in [0.717, 1.165) is 42.9 Å². The fraction of sp³-hybridized carbons (Fsp3) is 0.375. The maximum Gasteiger partial charge on any atom is 0.280 e. The number of hydrogen-bond acceptors (Lipinski definition) is 3. The molecule has 1 saturated heterocycles. The summed E-state index contributed by atoms with van der Waals surface area (Å²) in [5.41, 5.74) is 4.13. The molecule has 0 aromatic heterocycles. The van der Waals surface area contributed by atoms with Gasteiger partial charge in [0.25, 0.3) is 11.8 Å². The predicted molar refractivity (Wildman–Crippen MR) is 123 cm³/mol. The van der Waals surface area contributed by atoms with Crippen LogP contribution in [0.2, 0.25) is 0 Å². The first kappa shape index (κ1) is 20.9. The number of aliphatic imine (C=N–C) groups is 1. The van der Waals surface area contributed by atoms with Gasteiger partial charge in [0.1, 0.15) is 0 Å². The number of nitrogens with zero attached hydrogens (tertiary/aromatic N) is 2. The molecule has 2 amide bonds. The number of nitrogens with one attached hydrogen (secondary N) is 3. The highest BCUT2D eigenvalue weighted by atomic mass is 16.2. The zero-order chi connectivity index (χ0) is 22.0. The van der Waals surface area contributed by atoms with Gasteiger partial charge in [-0.3, -0.25) is 9.59 Å². The summed E-state index contributed by atoms with van der Waals surface area (Å²) in [6.07, 6.45) is 2.23. The topological polar surface area (TPSA) is 85.8 Å². The molecule has 0 radical (unpaired) electrons. The van der Waals surface area contributed by atoms with E-state index in [1.807, 2.05) is 62.2 Å². The molecular weight excluding hydrogens is 390 g/mol. The standard InChI is InChI=1S/C24H29N5O2/c1-15(2)26-22(30)17-5-4-6-19(13-17)27-21-10-9-18(14-20(21)16-7-8-16)23(31)28-24-25-11-12-29(24)3/h4-6,9-10,13-16,27H,7-8,11-12H2,1-3H3,(H,26,30)(H,25,28,31). The molecule has 0 bridgehead atoms. The zero-order valence-corrected chi connectivity index (χ0v) is 18.2. The molecule has 0 atom stereocenters. The van der Waals surface area contributed by atoms with Crippen molar-refractivity contribution in [3.8, 4) is 0 Å². The number of benzene rings is 2. The minimum absolute atomic E-state index is 0.0819. The van der Waals surface area contributed by atoms with E-state index in [0.29, 0.717) is 23.0 Å². The molecular formula is C24H29N5O2. The lowest BCUT2D eigenvalue weighted by molar-refractivity contribution is 0.0942. The van der Waals surface area contributed by atoms with Gasteiger partial charge in [-0.05, 0) is 74.6 Å². The van der Waals surface area contributed by atoms with Crippen LogP contribution >= 0.6 is 0 Å². The van der Waals surface area contributed by atoms with E-state index in [4.69, 9.17) is 0 Å². The lowest BCUT2D eigenvalue weighted by atomic mass is 10.0. The van der Waals surface area contributed by atoms with Gasteiger partial charge < -0.3 is 20.9 Å². The number of guanidine groups is 1. The first-order chi connectivity index (χ1) is 14.9. The van der Waals surface area contributed by atoms with Crippen molar-refractivity contribution in [3.63, 3.8) is 0 Å². The molecule has 7 heteroatoms. The first-order valence-corrected chi connectivity index (χ1v) is 10.8. The summed E-state index contributed by atoms with van der Waals surface area (Å²) in [4.78, 5) is 31.2. The van der Waals surface area contributed by atoms with Crippen LogP contribution in [0.15, 0.2) is 47.5 Å². The molecule has 162 valence electrons. The van der Waals surface area contributed by atoms with Gasteiger partial charge in [-0.25, -0.2) is 0 Å². The maximum atomic E-state index is 12.7. The van der Waals surface area contributed by atoms with Gasteiger partial charge >= 0.3 is 0 Å². The van der Waals surface area contributed by atoms with Crippen LogP contribution in [-0.2, 0) is 0 Å². The van der Waals surface area contributed by atoms with Crippen molar-refractivity contribution in [2.75, 3.05) is 25.5 Å². The second-order valence-electron chi connectivity index (χ2n) is 8.50. The lowest BCUT2D eigenvalue weighted by Crippen LogP contribution is -2.30. The van der Waals surface area contributed by atoms with Crippen LogP contribution in [0.4, 0.5) is 11.4 Å². The Balaban J connectivity index is 1.56. The van der Waals surface area contributed by atoms with E-state index in [9.17, 15) is 9.59 Å². The van der Waals surface area contributed by atoms with E-state index in [1.165, 1.54) is 0 Å². The smallest absolute Gasteiger partial charge is 0.280 e. The number of hydrogen-bond donors (Lipinski definition) is 3. The number of amides is 2. The Kier molecular flexibility index (Phi) is 5.93. The Labute approximate surface area is 182 Å². The first-order valence-electron chi connectivity index (χ1n) is 10.8. The Morgan fingerprint density at radius 1 is 1.13 bits per heavy atom. The van der Waals surface area contributed by atoms with Crippen LogP contribution in [0.1, 0.15) is 58.9 Å². The molecule has 2 fully saturated rings. The molecule has 1 aliphatic heterocycles. The van der Waals surface area contributed by atoms with Gasteiger partial charge in [-0.2, -0.15) is 4.99 Å². The lowest BCUT2D eigenvalue weighted by Gasteiger charge is -2.15. The molecule has 1 saturated carbocycles. The fourth-order valence-electron chi connectivity index (χ4n) is 3.64. The van der Waals surface area contributed by atoms with Gasteiger partial charge in [-0.1, -0.05) is 6.07 Å². The van der Waals surface area contributed by atoms with Crippen LogP contribution < -0.4 is 16.0 Å². The molecule has 2 aliphatic rings. The molecule has 2 aromatic rings. The highest BCUT2D eigenvalue weighted by Gasteiger charge is 2.27. The van der Waals surface area contributed by atoms with E-state index in [2.05, 4.69) is 20.9 Å². The zero-order valence-electron chi connectivity index (χ0n) is 18.2. The second kappa shape index (κ2) is 8.79. The molecule has 7 nitrogen and oxygen atoms in total. The van der Waals surface area contributed by atoms with Gasteiger partial charge in [0.2, 0.25) is 5.96 Å². The number of anilines is 2. The molecule has 2 aromatic carbocycles. The third-order valence-electron chi connectivity index (χ3n) is 5.44. The predicted octanol–water partition coefficient (Wildman–Crippen LogP) is 3.48. The van der Waals surface area contributed by atoms with Crippen molar-refractivity contribution >= 4 is 29.1 Å². The van der Waals surface area contributed by atoms with Crippen LogP contribution in [0, 0.1) is 0 Å². The van der Waals surface area contributed by atoms with Crippen molar-refractivity contribution in [2.45, 2.75) is 38.6 Å². The summed E-state index contributed by atoms with van der Waals surface area (Å²) in [5.74, 6) is 0.739. The quantitative estimate of drug-likeness (QED) is 0.668. The third-order valence-corrected chi connectivity index (χ3v) is 5.44. The second-order valence-corrected chi connectivity index (χ2v) is 8.50. The van der Waals surface area contributed by atoms with Crippen LogP contribution in [-0.4, -0.2) is 48.9 Å². The minimum Gasteiger partial charge on any atom is -0.355 e. The number of carbonyl (C=O) groups excluding carboxylic acids is 2. The molecule has 0 spiro atoms. The Morgan fingerprint density at radius 2 is 1.94 bits per heavy atom. The van der Waals surface area contributed by atoms with Crippen molar-refractivity contribution < 1.29 is 9.59 Å². The highest BCUT2D eigenvalue weighted by molar-refractivity contribution is 6.03. The van der Waals surface area contributed by atoms with Gasteiger partial charge in [-0.15, -0.1) is 0 Å². The number of carbonyl (C=O) groups is 2. The largest absolute Gasteiger partial charge is 0.355 e. The maximum absolute atomic E-state index is 12.7. The van der Waals surface area contributed by atoms with Gasteiger partial charge in [0.15, 0.2) is 0 Å². The van der Waals surface area contributed by atoms with E-state index in [1.54, 1.807) is 6.07 Å². The van der Waals surface area contributed by atoms with E-state index in [-0.39, 0.29) is 17.9 Å². The van der Waals surface area contributed by atoms with Gasteiger partial charge in [0.05, 0.1) is 0 Å². The minimum atomic E-state index is -0.239. The number of rotatable bonds is 6. The SMILES string of the molecule is CC(C)NC(=O)c1cccc(Nc2ccc(C(=O)/N=C3\NCCN3C)cc2C2CC2)c1. The van der Waals surface area contributed by atoms with E-state index < -0.39 is 0 Å². The fourth-order valence-corrected chi connectivity index (χ4v) is 3.64. The van der Waals surface area contributed by atoms with Crippen molar-refractivity contribution in [1.82, 2.24) is 15.5 Å². The monoisotopic (exact) mass is 419 g/mol. The summed E-state index contributed by atoms with van der Waals surface area (Å²) in [6.45, 7) is 5.52. The highest BCUT2D eigenvalue weighted by Crippen LogP contribution is 2.44. The summed E-state index contributed by atoms with van der Waals surface area (Å²) < 4.78 is 0. The molecule has 1 heterocycles. The van der Waals surface area contributed by atoms with Crippen LogP contribution in [0.5, 0.6) is 0 Å². The summed E-state index contributed by atoms with van der Waals surface area (Å²) >= 11 is 0. The Hall–Kier alpha value is -3.35. The average molecular weight is 420 g/mol.